The van der Waals surface area contributed by atoms with Crippen molar-refractivity contribution in [3.05, 3.63) is 53.7 Å². The van der Waals surface area contributed by atoms with E-state index < -0.39 is 0 Å². The number of hydrogen-bond acceptors (Lipinski definition) is 2. The third-order valence-electron chi connectivity index (χ3n) is 4.76. The molecule has 3 heterocycles. The molecule has 1 atom stereocenters. The van der Waals surface area contributed by atoms with Crippen molar-refractivity contribution in [1.29, 1.82) is 0 Å². The van der Waals surface area contributed by atoms with Gasteiger partial charge in [0.1, 0.15) is 5.82 Å². The lowest BCUT2D eigenvalue weighted by Gasteiger charge is -2.23. The monoisotopic (exact) mass is 308 g/mol. The molecule has 1 unspecified atom stereocenters. The molecule has 1 aromatic carbocycles. The number of aryl methyl sites for hydroxylation is 1. The smallest absolute Gasteiger partial charge is 0.227 e. The molecule has 2 N–H and O–H groups in total. The summed E-state index contributed by atoms with van der Waals surface area (Å²) in [5, 5.41) is 1.15. The number of amides is 1. The topological polar surface area (TPSA) is 64.8 Å². The van der Waals surface area contributed by atoms with Gasteiger partial charge in [0.05, 0.1) is 12.5 Å². The molecule has 23 heavy (non-hydrogen) atoms. The fourth-order valence-corrected chi connectivity index (χ4v) is 3.62. The van der Waals surface area contributed by atoms with E-state index >= 15 is 0 Å². The number of nitrogens with one attached hydrogen (secondary N) is 2. The summed E-state index contributed by atoms with van der Waals surface area (Å²) in [7, 11) is 0. The summed E-state index contributed by atoms with van der Waals surface area (Å²) in [5.74, 6) is 1.07. The van der Waals surface area contributed by atoms with Crippen LogP contribution in [0.25, 0.3) is 10.9 Å². The lowest BCUT2D eigenvalue weighted by molar-refractivity contribution is -0.131. The number of likely N-dealkylation sites (tertiary alicyclic amines) is 1. The van der Waals surface area contributed by atoms with Crippen LogP contribution in [-0.2, 0) is 11.2 Å². The van der Waals surface area contributed by atoms with Crippen LogP contribution in [0.3, 0.4) is 0 Å². The van der Waals surface area contributed by atoms with Crippen molar-refractivity contribution in [2.24, 2.45) is 0 Å². The Labute approximate surface area is 134 Å². The van der Waals surface area contributed by atoms with Crippen LogP contribution in [0.4, 0.5) is 0 Å². The number of H-pyrrole nitrogens is 2. The summed E-state index contributed by atoms with van der Waals surface area (Å²) in [5.41, 5.74) is 3.28. The van der Waals surface area contributed by atoms with Gasteiger partial charge in [-0.1, -0.05) is 18.2 Å². The molecule has 2 aromatic heterocycles. The van der Waals surface area contributed by atoms with E-state index in [1.807, 2.05) is 30.2 Å². The molecule has 0 spiro atoms. The number of benzene rings is 1. The summed E-state index contributed by atoms with van der Waals surface area (Å²) in [6.45, 7) is 2.85. The number of aromatic amines is 2. The summed E-state index contributed by atoms with van der Waals surface area (Å²) >= 11 is 0. The second kappa shape index (κ2) is 5.57. The highest BCUT2D eigenvalue weighted by Gasteiger charge is 2.31. The number of carbonyl (C=O) groups is 1. The fourth-order valence-electron chi connectivity index (χ4n) is 3.62. The standard InChI is InChI=1S/C18H20N4O/c1-12-14(13-5-2-3-6-15(13)21-12)11-17(23)22-10-4-7-16(22)18-19-8-9-20-18/h2-3,5-6,8-9,16,21H,4,7,10-11H2,1H3,(H,19,20). The molecule has 0 saturated carbocycles. The van der Waals surface area contributed by atoms with Gasteiger partial charge in [-0.2, -0.15) is 0 Å². The van der Waals surface area contributed by atoms with Crippen molar-refractivity contribution in [2.45, 2.75) is 32.2 Å². The van der Waals surface area contributed by atoms with Gasteiger partial charge < -0.3 is 14.9 Å². The van der Waals surface area contributed by atoms with E-state index in [-0.39, 0.29) is 11.9 Å². The Kier molecular flexibility index (Phi) is 3.41. The van der Waals surface area contributed by atoms with E-state index in [2.05, 4.69) is 27.1 Å². The molecular weight excluding hydrogens is 288 g/mol. The predicted molar refractivity (Wildman–Crippen MR) is 89.0 cm³/mol. The van der Waals surface area contributed by atoms with E-state index in [9.17, 15) is 4.79 Å². The van der Waals surface area contributed by atoms with Gasteiger partial charge in [-0.15, -0.1) is 0 Å². The van der Waals surface area contributed by atoms with E-state index in [4.69, 9.17) is 0 Å². The van der Waals surface area contributed by atoms with Crippen molar-refractivity contribution in [1.82, 2.24) is 19.9 Å². The van der Waals surface area contributed by atoms with Crippen LogP contribution in [0.15, 0.2) is 36.7 Å². The van der Waals surface area contributed by atoms with Crippen LogP contribution >= 0.6 is 0 Å². The van der Waals surface area contributed by atoms with E-state index in [1.54, 1.807) is 6.20 Å². The molecule has 118 valence electrons. The van der Waals surface area contributed by atoms with Crippen LogP contribution in [0.5, 0.6) is 0 Å². The molecular formula is C18H20N4O. The lowest BCUT2D eigenvalue weighted by atomic mass is 10.1. The highest BCUT2D eigenvalue weighted by atomic mass is 16.2. The van der Waals surface area contributed by atoms with Crippen LogP contribution in [0.1, 0.15) is 36.0 Å². The number of fused-ring (bicyclic) bond motifs is 1. The zero-order valence-electron chi connectivity index (χ0n) is 13.2. The van der Waals surface area contributed by atoms with E-state index in [1.165, 1.54) is 0 Å². The van der Waals surface area contributed by atoms with Crippen molar-refractivity contribution >= 4 is 16.8 Å². The summed E-state index contributed by atoms with van der Waals surface area (Å²) in [4.78, 5) is 25.7. The van der Waals surface area contributed by atoms with Gasteiger partial charge in [0.25, 0.3) is 0 Å². The third-order valence-corrected chi connectivity index (χ3v) is 4.76. The Hall–Kier alpha value is -2.56. The minimum atomic E-state index is 0.0861. The second-order valence-electron chi connectivity index (χ2n) is 6.17. The van der Waals surface area contributed by atoms with Gasteiger partial charge in [-0.3, -0.25) is 4.79 Å². The number of carbonyl (C=O) groups excluding carboxylic acids is 1. The van der Waals surface area contributed by atoms with Crippen LogP contribution in [0, 0.1) is 6.92 Å². The first-order chi connectivity index (χ1) is 11.2. The predicted octanol–water partition coefficient (Wildman–Crippen LogP) is 3.11. The summed E-state index contributed by atoms with van der Waals surface area (Å²) < 4.78 is 0. The van der Waals surface area contributed by atoms with E-state index in [0.717, 1.165) is 47.4 Å². The minimum absolute atomic E-state index is 0.0861. The maximum Gasteiger partial charge on any atom is 0.227 e. The molecule has 0 radical (unpaired) electrons. The average molecular weight is 308 g/mol. The normalized spacial score (nSPS) is 18.0. The number of nitrogens with zero attached hydrogens (tertiary/aromatic N) is 2. The molecule has 1 amide bonds. The number of imidazole rings is 1. The van der Waals surface area contributed by atoms with Gasteiger partial charge in [0.2, 0.25) is 5.91 Å². The SMILES string of the molecule is Cc1[nH]c2ccccc2c1CC(=O)N1CCCC1c1ncc[nH]1. The Morgan fingerprint density at radius 2 is 2.26 bits per heavy atom. The number of rotatable bonds is 3. The van der Waals surface area contributed by atoms with Gasteiger partial charge >= 0.3 is 0 Å². The zero-order chi connectivity index (χ0) is 15.8. The van der Waals surface area contributed by atoms with Crippen molar-refractivity contribution in [2.75, 3.05) is 6.54 Å². The van der Waals surface area contributed by atoms with Gasteiger partial charge in [-0.05, 0) is 31.4 Å². The zero-order valence-corrected chi connectivity index (χ0v) is 13.2. The average Bonchev–Trinajstić information content (AvgIpc) is 3.26. The van der Waals surface area contributed by atoms with E-state index in [0.29, 0.717) is 6.42 Å². The first-order valence-electron chi connectivity index (χ1n) is 8.09. The van der Waals surface area contributed by atoms with Crippen molar-refractivity contribution in [3.8, 4) is 0 Å². The van der Waals surface area contributed by atoms with Crippen LogP contribution < -0.4 is 0 Å². The summed E-state index contributed by atoms with van der Waals surface area (Å²) in [6, 6.07) is 8.25. The second-order valence-corrected chi connectivity index (χ2v) is 6.17. The Balaban J connectivity index is 1.61. The molecule has 0 bridgehead atoms. The quantitative estimate of drug-likeness (QED) is 0.781. The largest absolute Gasteiger partial charge is 0.358 e. The molecule has 3 aromatic rings. The highest BCUT2D eigenvalue weighted by Crippen LogP contribution is 2.31. The first-order valence-corrected chi connectivity index (χ1v) is 8.09. The molecule has 4 rings (SSSR count). The Morgan fingerprint density at radius 3 is 3.09 bits per heavy atom. The fraction of sp³-hybridized carbons (Fsp3) is 0.333. The Morgan fingerprint density at radius 1 is 1.39 bits per heavy atom. The molecule has 5 nitrogen and oxygen atoms in total. The molecule has 5 heteroatoms. The molecule has 1 aliphatic rings. The molecule has 1 aliphatic heterocycles. The lowest BCUT2D eigenvalue weighted by Crippen LogP contribution is -2.32. The third kappa shape index (κ3) is 2.42. The maximum absolute atomic E-state index is 12.9. The van der Waals surface area contributed by atoms with Gasteiger partial charge in [0, 0.05) is 35.5 Å². The molecule has 0 aliphatic carbocycles. The van der Waals surface area contributed by atoms with Gasteiger partial charge in [0.15, 0.2) is 0 Å². The molecule has 1 fully saturated rings. The molecule has 1 saturated heterocycles. The minimum Gasteiger partial charge on any atom is -0.358 e. The van der Waals surface area contributed by atoms with Gasteiger partial charge in [-0.25, -0.2) is 4.98 Å². The first kappa shape index (κ1) is 14.1. The Bertz CT molecular complexity index is 834. The van der Waals surface area contributed by atoms with Crippen molar-refractivity contribution in [3.63, 3.8) is 0 Å². The van der Waals surface area contributed by atoms with Crippen LogP contribution in [0.2, 0.25) is 0 Å². The highest BCUT2D eigenvalue weighted by molar-refractivity contribution is 5.90. The summed E-state index contributed by atoms with van der Waals surface area (Å²) in [6.07, 6.45) is 6.02. The van der Waals surface area contributed by atoms with Crippen LogP contribution in [-0.4, -0.2) is 32.3 Å². The van der Waals surface area contributed by atoms with Crippen molar-refractivity contribution < 1.29 is 4.79 Å². The number of aromatic nitrogens is 3. The number of para-hydroxylation sites is 1. The number of hydrogen-bond donors (Lipinski definition) is 2. The maximum atomic E-state index is 12.9.